The first kappa shape index (κ1) is 15.7. The molecule has 0 amide bonds. The van der Waals surface area contributed by atoms with Crippen molar-refractivity contribution in [1.82, 2.24) is 0 Å². The van der Waals surface area contributed by atoms with Crippen LogP contribution in [-0.2, 0) is 6.18 Å². The van der Waals surface area contributed by atoms with Crippen LogP contribution in [0.5, 0.6) is 0 Å². The Bertz CT molecular complexity index is 638. The fourth-order valence-electron chi connectivity index (χ4n) is 2.18. The monoisotopic (exact) mass is 313 g/mol. The lowest BCUT2D eigenvalue weighted by atomic mass is 10.0. The van der Waals surface area contributed by atoms with Crippen LogP contribution in [0.15, 0.2) is 42.5 Å². The molecule has 0 spiro atoms. The Morgan fingerprint density at radius 3 is 2.38 bits per heavy atom. The molecule has 0 saturated carbocycles. The standard InChI is InChI=1S/C16H15ClF3N/c1-10-7-8-15(14(17)9-10)21-11(2)12-5-3-4-6-13(12)16(18,19)20/h3-9,11,21H,1-2H3. The zero-order chi connectivity index (χ0) is 15.6. The molecule has 2 aromatic carbocycles. The van der Waals surface area contributed by atoms with Crippen molar-refractivity contribution in [3.63, 3.8) is 0 Å². The van der Waals surface area contributed by atoms with E-state index in [0.29, 0.717) is 10.7 Å². The molecule has 1 atom stereocenters. The Morgan fingerprint density at radius 2 is 1.76 bits per heavy atom. The molecule has 0 saturated heterocycles. The van der Waals surface area contributed by atoms with Crippen LogP contribution in [-0.4, -0.2) is 0 Å². The van der Waals surface area contributed by atoms with Gasteiger partial charge in [0.05, 0.1) is 16.3 Å². The highest BCUT2D eigenvalue weighted by Crippen LogP contribution is 2.36. The molecule has 2 aromatic rings. The quantitative estimate of drug-likeness (QED) is 0.750. The number of aryl methyl sites for hydroxylation is 1. The minimum Gasteiger partial charge on any atom is -0.377 e. The summed E-state index contributed by atoms with van der Waals surface area (Å²) in [5.74, 6) is 0. The lowest BCUT2D eigenvalue weighted by molar-refractivity contribution is -0.138. The van der Waals surface area contributed by atoms with Crippen molar-refractivity contribution < 1.29 is 13.2 Å². The topological polar surface area (TPSA) is 12.0 Å². The normalized spacial score (nSPS) is 13.0. The molecule has 0 bridgehead atoms. The summed E-state index contributed by atoms with van der Waals surface area (Å²) in [4.78, 5) is 0. The lowest BCUT2D eigenvalue weighted by Crippen LogP contribution is -2.15. The van der Waals surface area contributed by atoms with Gasteiger partial charge in [-0.2, -0.15) is 13.2 Å². The summed E-state index contributed by atoms with van der Waals surface area (Å²) in [6.45, 7) is 3.58. The zero-order valence-corrected chi connectivity index (χ0v) is 12.4. The summed E-state index contributed by atoms with van der Waals surface area (Å²) in [6, 6.07) is 10.4. The van der Waals surface area contributed by atoms with Gasteiger partial charge in [-0.1, -0.05) is 35.9 Å². The van der Waals surface area contributed by atoms with Gasteiger partial charge >= 0.3 is 6.18 Å². The number of alkyl halides is 3. The minimum atomic E-state index is -4.37. The summed E-state index contributed by atoms with van der Waals surface area (Å²) >= 11 is 6.11. The maximum Gasteiger partial charge on any atom is 0.416 e. The van der Waals surface area contributed by atoms with E-state index < -0.39 is 17.8 Å². The summed E-state index contributed by atoms with van der Waals surface area (Å²) in [5, 5.41) is 3.53. The maximum absolute atomic E-state index is 13.0. The van der Waals surface area contributed by atoms with Crippen LogP contribution >= 0.6 is 11.6 Å². The van der Waals surface area contributed by atoms with E-state index in [1.54, 1.807) is 25.1 Å². The van der Waals surface area contributed by atoms with Gasteiger partial charge in [-0.3, -0.25) is 0 Å². The molecule has 0 aliphatic carbocycles. The molecule has 0 heterocycles. The average molecular weight is 314 g/mol. The van der Waals surface area contributed by atoms with E-state index in [0.717, 1.165) is 11.6 Å². The third-order valence-electron chi connectivity index (χ3n) is 3.23. The van der Waals surface area contributed by atoms with Crippen molar-refractivity contribution in [2.75, 3.05) is 5.32 Å². The number of hydrogen-bond donors (Lipinski definition) is 1. The van der Waals surface area contributed by atoms with Gasteiger partial charge in [0.2, 0.25) is 0 Å². The Morgan fingerprint density at radius 1 is 1.10 bits per heavy atom. The molecule has 112 valence electrons. The summed E-state index contributed by atoms with van der Waals surface area (Å²) in [7, 11) is 0. The number of benzene rings is 2. The Balaban J connectivity index is 2.31. The summed E-state index contributed by atoms with van der Waals surface area (Å²) in [6.07, 6.45) is -4.37. The molecular formula is C16H15ClF3N. The summed E-state index contributed by atoms with van der Waals surface area (Å²) in [5.41, 5.74) is 1.18. The van der Waals surface area contributed by atoms with Gasteiger partial charge in [0.1, 0.15) is 0 Å². The smallest absolute Gasteiger partial charge is 0.377 e. The number of anilines is 1. The van der Waals surface area contributed by atoms with Crippen molar-refractivity contribution in [3.05, 3.63) is 64.2 Å². The van der Waals surface area contributed by atoms with Gasteiger partial charge in [-0.05, 0) is 43.2 Å². The minimum absolute atomic E-state index is 0.196. The van der Waals surface area contributed by atoms with Crippen LogP contribution in [0.1, 0.15) is 29.7 Å². The first-order chi connectivity index (χ1) is 9.79. The van der Waals surface area contributed by atoms with Crippen LogP contribution in [0.4, 0.5) is 18.9 Å². The molecule has 0 aliphatic heterocycles. The zero-order valence-electron chi connectivity index (χ0n) is 11.6. The SMILES string of the molecule is Cc1ccc(NC(C)c2ccccc2C(F)(F)F)c(Cl)c1. The predicted octanol–water partition coefficient (Wildman–Crippen LogP) is 5.84. The highest BCUT2D eigenvalue weighted by Gasteiger charge is 2.34. The number of nitrogens with one attached hydrogen (secondary N) is 1. The molecule has 1 unspecified atom stereocenters. The van der Waals surface area contributed by atoms with E-state index in [1.165, 1.54) is 12.1 Å². The molecule has 0 fully saturated rings. The second-order valence-electron chi connectivity index (χ2n) is 4.93. The van der Waals surface area contributed by atoms with Gasteiger partial charge in [-0.25, -0.2) is 0 Å². The van der Waals surface area contributed by atoms with E-state index in [-0.39, 0.29) is 5.56 Å². The van der Waals surface area contributed by atoms with E-state index in [4.69, 9.17) is 11.6 Å². The van der Waals surface area contributed by atoms with Crippen LogP contribution in [0.25, 0.3) is 0 Å². The molecule has 0 radical (unpaired) electrons. The highest BCUT2D eigenvalue weighted by atomic mass is 35.5. The van der Waals surface area contributed by atoms with Gasteiger partial charge < -0.3 is 5.32 Å². The van der Waals surface area contributed by atoms with Gasteiger partial charge in [-0.15, -0.1) is 0 Å². The summed E-state index contributed by atoms with van der Waals surface area (Å²) < 4.78 is 39.1. The second-order valence-corrected chi connectivity index (χ2v) is 5.34. The Hall–Kier alpha value is -1.68. The number of halogens is 4. The van der Waals surface area contributed by atoms with Crippen molar-refractivity contribution in [3.8, 4) is 0 Å². The lowest BCUT2D eigenvalue weighted by Gasteiger charge is -2.21. The second kappa shape index (κ2) is 5.98. The predicted molar refractivity (Wildman–Crippen MR) is 79.7 cm³/mol. The highest BCUT2D eigenvalue weighted by molar-refractivity contribution is 6.33. The third-order valence-corrected chi connectivity index (χ3v) is 3.54. The van der Waals surface area contributed by atoms with Crippen LogP contribution < -0.4 is 5.32 Å². The molecule has 21 heavy (non-hydrogen) atoms. The van der Waals surface area contributed by atoms with E-state index in [2.05, 4.69) is 5.32 Å². The largest absolute Gasteiger partial charge is 0.416 e. The van der Waals surface area contributed by atoms with Gasteiger partial charge in [0.25, 0.3) is 0 Å². The first-order valence-corrected chi connectivity index (χ1v) is 6.85. The van der Waals surface area contributed by atoms with E-state index in [1.807, 2.05) is 13.0 Å². The van der Waals surface area contributed by atoms with Crippen molar-refractivity contribution in [1.29, 1.82) is 0 Å². The van der Waals surface area contributed by atoms with E-state index >= 15 is 0 Å². The molecule has 0 aromatic heterocycles. The molecule has 1 N–H and O–H groups in total. The van der Waals surface area contributed by atoms with E-state index in [9.17, 15) is 13.2 Å². The van der Waals surface area contributed by atoms with Crippen LogP contribution in [0.3, 0.4) is 0 Å². The Labute approximate surface area is 126 Å². The number of rotatable bonds is 3. The number of hydrogen-bond acceptors (Lipinski definition) is 1. The molecular weight excluding hydrogens is 299 g/mol. The Kier molecular flexibility index (Phi) is 4.47. The van der Waals surface area contributed by atoms with Crippen molar-refractivity contribution in [2.45, 2.75) is 26.1 Å². The fourth-order valence-corrected chi connectivity index (χ4v) is 2.47. The molecule has 0 aliphatic rings. The van der Waals surface area contributed by atoms with Crippen LogP contribution in [0.2, 0.25) is 5.02 Å². The third kappa shape index (κ3) is 3.70. The molecule has 1 nitrogen and oxygen atoms in total. The first-order valence-electron chi connectivity index (χ1n) is 6.48. The van der Waals surface area contributed by atoms with Crippen molar-refractivity contribution >= 4 is 17.3 Å². The average Bonchev–Trinajstić information content (AvgIpc) is 2.41. The fraction of sp³-hybridized carbons (Fsp3) is 0.250. The van der Waals surface area contributed by atoms with Gasteiger partial charge in [0.15, 0.2) is 0 Å². The maximum atomic E-state index is 13.0. The molecule has 5 heteroatoms. The van der Waals surface area contributed by atoms with Gasteiger partial charge in [0, 0.05) is 6.04 Å². The van der Waals surface area contributed by atoms with Crippen molar-refractivity contribution in [2.24, 2.45) is 0 Å². The van der Waals surface area contributed by atoms with Crippen LogP contribution in [0, 0.1) is 6.92 Å². The molecule has 2 rings (SSSR count).